The van der Waals surface area contributed by atoms with Gasteiger partial charge in [0.25, 0.3) is 17.0 Å². The topological polar surface area (TPSA) is 93.6 Å². The summed E-state index contributed by atoms with van der Waals surface area (Å²) in [5, 5.41) is 17.7. The van der Waals surface area contributed by atoms with Crippen LogP contribution in [-0.4, -0.2) is 25.3 Å². The minimum absolute atomic E-state index is 0.465. The summed E-state index contributed by atoms with van der Waals surface area (Å²) in [6.07, 6.45) is 1.87. The highest BCUT2D eigenvalue weighted by Crippen LogP contribution is 2.30. The van der Waals surface area contributed by atoms with Crippen molar-refractivity contribution in [1.82, 2.24) is 25.3 Å². The predicted octanol–water partition coefficient (Wildman–Crippen LogP) is 4.62. The van der Waals surface area contributed by atoms with E-state index in [2.05, 4.69) is 25.3 Å². The van der Waals surface area contributed by atoms with Gasteiger partial charge in [-0.3, -0.25) is 0 Å². The molecule has 0 amide bonds. The molecular weight excluding hydrogens is 370 g/mol. The van der Waals surface area contributed by atoms with Crippen LogP contribution in [0, 0.1) is 0 Å². The number of benzene rings is 1. The molecule has 0 unspecified atom stereocenters. The Morgan fingerprint density at radius 3 is 3.00 bits per heavy atom. The van der Waals surface area contributed by atoms with E-state index in [1.165, 1.54) is 11.8 Å². The first-order valence-electron chi connectivity index (χ1n) is 7.75. The van der Waals surface area contributed by atoms with Crippen LogP contribution in [0.15, 0.2) is 61.5 Å². The lowest BCUT2D eigenvalue weighted by Crippen LogP contribution is -1.84. The summed E-state index contributed by atoms with van der Waals surface area (Å²) < 4.78 is 11.0. The van der Waals surface area contributed by atoms with E-state index in [-0.39, 0.29) is 0 Å². The Morgan fingerprint density at radius 1 is 1.12 bits per heavy atom. The number of para-hydroxylation sites is 1. The van der Waals surface area contributed by atoms with Gasteiger partial charge in [-0.15, -0.1) is 10.2 Å². The number of rotatable bonds is 5. The van der Waals surface area contributed by atoms with Crippen molar-refractivity contribution in [3.63, 3.8) is 0 Å². The molecular formula is C17H11N5O2S2. The van der Waals surface area contributed by atoms with E-state index in [0.29, 0.717) is 28.6 Å². The fourth-order valence-electron chi connectivity index (χ4n) is 2.57. The first kappa shape index (κ1) is 15.4. The molecule has 0 aliphatic carbocycles. The Kier molecular flexibility index (Phi) is 3.80. The summed E-state index contributed by atoms with van der Waals surface area (Å²) in [6.45, 7) is 0. The fourth-order valence-corrected chi connectivity index (χ4v) is 3.80. The zero-order chi connectivity index (χ0) is 17.3. The van der Waals surface area contributed by atoms with Crippen LogP contribution in [0.3, 0.4) is 0 Å². The molecule has 26 heavy (non-hydrogen) atoms. The third-order valence-corrected chi connectivity index (χ3v) is 5.28. The Hall–Kier alpha value is -2.91. The number of hydrogen-bond acceptors (Lipinski definition) is 8. The number of nitrogens with zero attached hydrogens (tertiary/aromatic N) is 4. The highest BCUT2D eigenvalue weighted by molar-refractivity contribution is 7.98. The van der Waals surface area contributed by atoms with E-state index in [4.69, 9.17) is 8.94 Å². The largest absolute Gasteiger partial charge is 0.411 e. The molecule has 1 N–H and O–H groups in total. The first-order chi connectivity index (χ1) is 12.9. The van der Waals surface area contributed by atoms with E-state index in [9.17, 15) is 0 Å². The van der Waals surface area contributed by atoms with Crippen LogP contribution in [0.25, 0.3) is 33.8 Å². The normalized spacial score (nSPS) is 11.4. The lowest BCUT2D eigenvalue weighted by molar-refractivity contribution is 0.425. The van der Waals surface area contributed by atoms with Gasteiger partial charge in [-0.25, -0.2) is 0 Å². The highest BCUT2D eigenvalue weighted by atomic mass is 32.2. The van der Waals surface area contributed by atoms with Crippen LogP contribution in [0.5, 0.6) is 0 Å². The minimum atomic E-state index is 0.465. The predicted molar refractivity (Wildman–Crippen MR) is 98.8 cm³/mol. The van der Waals surface area contributed by atoms with Crippen molar-refractivity contribution < 1.29 is 8.94 Å². The third-order valence-electron chi connectivity index (χ3n) is 3.79. The second-order valence-corrected chi connectivity index (χ2v) is 7.14. The Balaban J connectivity index is 1.32. The molecule has 0 aliphatic heterocycles. The van der Waals surface area contributed by atoms with Crippen LogP contribution >= 0.6 is 23.1 Å². The lowest BCUT2D eigenvalue weighted by atomic mass is 10.2. The van der Waals surface area contributed by atoms with Gasteiger partial charge in [-0.1, -0.05) is 35.1 Å². The van der Waals surface area contributed by atoms with E-state index < -0.39 is 0 Å². The maximum atomic E-state index is 5.77. The van der Waals surface area contributed by atoms with Gasteiger partial charge in [0.1, 0.15) is 0 Å². The molecule has 5 rings (SSSR count). The monoisotopic (exact) mass is 381 g/mol. The van der Waals surface area contributed by atoms with Gasteiger partial charge in [0, 0.05) is 22.5 Å². The smallest absolute Gasteiger partial charge is 0.277 e. The molecule has 7 nitrogen and oxygen atoms in total. The van der Waals surface area contributed by atoms with Crippen molar-refractivity contribution in [3.8, 4) is 22.9 Å². The van der Waals surface area contributed by atoms with E-state index in [1.54, 1.807) is 11.3 Å². The molecule has 0 saturated carbocycles. The summed E-state index contributed by atoms with van der Waals surface area (Å²) in [4.78, 5) is 7.58. The molecule has 5 aromatic rings. The Labute approximate surface area is 155 Å². The number of thiophene rings is 1. The minimum Gasteiger partial charge on any atom is -0.411 e. The van der Waals surface area contributed by atoms with Crippen molar-refractivity contribution in [1.29, 1.82) is 0 Å². The highest BCUT2D eigenvalue weighted by Gasteiger charge is 2.15. The van der Waals surface area contributed by atoms with Gasteiger partial charge in [0.15, 0.2) is 5.82 Å². The molecule has 1 aromatic carbocycles. The van der Waals surface area contributed by atoms with Gasteiger partial charge in [-0.2, -0.15) is 16.3 Å². The van der Waals surface area contributed by atoms with E-state index >= 15 is 0 Å². The fraction of sp³-hybridized carbons (Fsp3) is 0.0588. The summed E-state index contributed by atoms with van der Waals surface area (Å²) in [5.41, 5.74) is 2.85. The lowest BCUT2D eigenvalue weighted by Gasteiger charge is -1.92. The van der Waals surface area contributed by atoms with Gasteiger partial charge in [0.2, 0.25) is 0 Å². The Morgan fingerprint density at radius 2 is 2.08 bits per heavy atom. The van der Waals surface area contributed by atoms with Gasteiger partial charge in [-0.05, 0) is 17.5 Å². The van der Waals surface area contributed by atoms with Gasteiger partial charge < -0.3 is 13.9 Å². The summed E-state index contributed by atoms with van der Waals surface area (Å²) in [6, 6.07) is 9.93. The van der Waals surface area contributed by atoms with Gasteiger partial charge in [0.05, 0.1) is 16.9 Å². The van der Waals surface area contributed by atoms with Crippen LogP contribution in [0.4, 0.5) is 0 Å². The number of nitrogens with one attached hydrogen (secondary N) is 1. The molecule has 0 saturated heterocycles. The first-order valence-corrected chi connectivity index (χ1v) is 9.67. The number of fused-ring (bicyclic) bond motifs is 1. The zero-order valence-corrected chi connectivity index (χ0v) is 14.9. The van der Waals surface area contributed by atoms with Crippen LogP contribution in [0.2, 0.25) is 0 Å². The average Bonchev–Trinajstić information content (AvgIpc) is 3.46. The number of thioether (sulfide) groups is 1. The van der Waals surface area contributed by atoms with Gasteiger partial charge >= 0.3 is 0 Å². The summed E-state index contributed by atoms with van der Waals surface area (Å²) in [7, 11) is 0. The zero-order valence-electron chi connectivity index (χ0n) is 13.2. The molecule has 0 bridgehead atoms. The molecule has 9 heteroatoms. The van der Waals surface area contributed by atoms with Crippen molar-refractivity contribution in [2.24, 2.45) is 0 Å². The van der Waals surface area contributed by atoms with Crippen molar-refractivity contribution >= 4 is 34.0 Å². The number of hydrogen-bond donors (Lipinski definition) is 1. The van der Waals surface area contributed by atoms with E-state index in [1.807, 2.05) is 47.3 Å². The summed E-state index contributed by atoms with van der Waals surface area (Å²) >= 11 is 2.96. The van der Waals surface area contributed by atoms with Crippen molar-refractivity contribution in [2.45, 2.75) is 11.0 Å². The standard InChI is InChI=1S/C17H11N5O2S2/c1-2-4-13-11(3-1)12(7-18-13)16-20-21-17(23-16)26-9-14-19-15(24-22-14)10-5-6-25-8-10/h1-8,18H,9H2. The second kappa shape index (κ2) is 6.43. The molecule has 128 valence electrons. The molecule has 4 heterocycles. The van der Waals surface area contributed by atoms with Crippen LogP contribution in [-0.2, 0) is 5.75 Å². The van der Waals surface area contributed by atoms with Crippen LogP contribution < -0.4 is 0 Å². The average molecular weight is 381 g/mol. The van der Waals surface area contributed by atoms with Crippen molar-refractivity contribution in [2.75, 3.05) is 0 Å². The molecule has 0 radical (unpaired) electrons. The molecule has 4 aromatic heterocycles. The molecule has 0 aliphatic rings. The van der Waals surface area contributed by atoms with E-state index in [0.717, 1.165) is 22.0 Å². The molecule has 0 spiro atoms. The third kappa shape index (κ3) is 2.80. The van der Waals surface area contributed by atoms with Crippen molar-refractivity contribution in [3.05, 3.63) is 53.1 Å². The molecule has 0 atom stereocenters. The SMILES string of the molecule is c1ccc2c(-c3nnc(SCc4noc(-c5ccsc5)n4)o3)c[nH]c2c1. The maximum absolute atomic E-state index is 5.77. The quantitative estimate of drug-likeness (QED) is 0.444. The number of aromatic amines is 1. The molecule has 0 fully saturated rings. The van der Waals surface area contributed by atoms with Crippen LogP contribution in [0.1, 0.15) is 5.82 Å². The second-order valence-electron chi connectivity index (χ2n) is 5.44. The number of H-pyrrole nitrogens is 1. The number of aromatic nitrogens is 5. The maximum Gasteiger partial charge on any atom is 0.277 e. The Bertz CT molecular complexity index is 1160. The summed E-state index contributed by atoms with van der Waals surface area (Å²) in [5.74, 6) is 2.08.